The Kier molecular flexibility index (Phi) is 4.94. The zero-order valence-electron chi connectivity index (χ0n) is 15.4. The van der Waals surface area contributed by atoms with Crippen LogP contribution in [0.5, 0.6) is 0 Å². The Balaban J connectivity index is 2.09. The number of sulfone groups is 1. The van der Waals surface area contributed by atoms with Crippen molar-refractivity contribution in [1.29, 1.82) is 0 Å². The minimum atomic E-state index is -4.17. The van der Waals surface area contributed by atoms with Gasteiger partial charge in [0.2, 0.25) is 0 Å². The van der Waals surface area contributed by atoms with Crippen LogP contribution in [0.1, 0.15) is 5.69 Å². The number of hydrogen-bond donors (Lipinski definition) is 1. The van der Waals surface area contributed by atoms with E-state index < -0.39 is 25.4 Å². The normalized spacial score (nSPS) is 12.1. The number of aromatic nitrogens is 2. The van der Waals surface area contributed by atoms with Gasteiger partial charge in [-0.1, -0.05) is 24.3 Å². The van der Waals surface area contributed by atoms with E-state index in [0.717, 1.165) is 12.3 Å². The molecule has 1 aromatic heterocycles. The highest BCUT2D eigenvalue weighted by molar-refractivity contribution is 7.93. The molecule has 3 rings (SSSR count). The number of para-hydroxylation sites is 1. The lowest BCUT2D eigenvalue weighted by Gasteiger charge is -2.08. The molecule has 0 bridgehead atoms. The van der Waals surface area contributed by atoms with E-state index in [4.69, 9.17) is 0 Å². The van der Waals surface area contributed by atoms with E-state index in [1.54, 1.807) is 42.9 Å². The molecule has 0 aliphatic heterocycles. The minimum absolute atomic E-state index is 0.101. The smallest absolute Gasteiger partial charge is 0.283 e. The zero-order valence-corrected chi connectivity index (χ0v) is 17.1. The maximum Gasteiger partial charge on any atom is 0.296 e. The number of hydrogen-bond acceptors (Lipinski definition) is 5. The summed E-state index contributed by atoms with van der Waals surface area (Å²) in [6, 6.07) is 13.8. The van der Waals surface area contributed by atoms with Gasteiger partial charge in [-0.3, -0.25) is 14.2 Å². The molecule has 1 heterocycles. The second kappa shape index (κ2) is 6.95. The monoisotopic (exact) mass is 421 g/mol. The van der Waals surface area contributed by atoms with Gasteiger partial charge in [-0.05, 0) is 37.3 Å². The van der Waals surface area contributed by atoms with Crippen LogP contribution in [0.4, 0.5) is 5.69 Å². The van der Waals surface area contributed by atoms with Crippen LogP contribution in [-0.4, -0.2) is 32.5 Å². The summed E-state index contributed by atoms with van der Waals surface area (Å²) < 4.78 is 54.2. The number of benzene rings is 2. The lowest BCUT2D eigenvalue weighted by molar-refractivity contribution is 0.599. The van der Waals surface area contributed by atoms with Gasteiger partial charge in [0.05, 0.1) is 21.2 Å². The predicted octanol–water partition coefficient (Wildman–Crippen LogP) is 1.69. The van der Waals surface area contributed by atoms with Gasteiger partial charge in [0.1, 0.15) is 5.69 Å². The Morgan fingerprint density at radius 2 is 1.50 bits per heavy atom. The first-order chi connectivity index (χ1) is 13.0. The van der Waals surface area contributed by atoms with E-state index in [0.29, 0.717) is 11.4 Å². The molecule has 1 N–H and O–H groups in total. The summed E-state index contributed by atoms with van der Waals surface area (Å²) >= 11 is 0. The lowest BCUT2D eigenvalue weighted by Crippen LogP contribution is -2.23. The molecule has 3 aromatic rings. The highest BCUT2D eigenvalue weighted by atomic mass is 32.2. The van der Waals surface area contributed by atoms with Gasteiger partial charge in [0, 0.05) is 13.3 Å². The summed E-state index contributed by atoms with van der Waals surface area (Å²) in [6.07, 6.45) is 0.992. The van der Waals surface area contributed by atoms with Crippen LogP contribution in [0.25, 0.3) is 5.69 Å². The third-order valence-corrected chi connectivity index (χ3v) is 6.79. The van der Waals surface area contributed by atoms with Gasteiger partial charge in [-0.2, -0.15) is 0 Å². The third kappa shape index (κ3) is 3.60. The third-order valence-electron chi connectivity index (χ3n) is 4.33. The Morgan fingerprint density at radius 3 is 2.11 bits per heavy atom. The largest absolute Gasteiger partial charge is 0.296 e. The molecule has 0 spiro atoms. The first-order valence-electron chi connectivity index (χ1n) is 8.19. The van der Waals surface area contributed by atoms with Crippen molar-refractivity contribution in [3.05, 3.63) is 70.6 Å². The molecule has 148 valence electrons. The molecule has 0 aliphatic rings. The molecule has 0 unspecified atom stereocenters. The Hall–Kier alpha value is -2.85. The first kappa shape index (κ1) is 19.9. The topological polar surface area (TPSA) is 107 Å². The van der Waals surface area contributed by atoms with Gasteiger partial charge < -0.3 is 0 Å². The van der Waals surface area contributed by atoms with Crippen molar-refractivity contribution in [3.63, 3.8) is 0 Å². The van der Waals surface area contributed by atoms with Crippen molar-refractivity contribution < 1.29 is 16.8 Å². The molecule has 0 aliphatic carbocycles. The van der Waals surface area contributed by atoms with Crippen LogP contribution in [0.2, 0.25) is 0 Å². The van der Waals surface area contributed by atoms with Crippen molar-refractivity contribution >= 4 is 25.5 Å². The molecule has 0 fully saturated rings. The molecular formula is C18H19N3O5S2. The Morgan fingerprint density at radius 1 is 0.893 bits per heavy atom. The van der Waals surface area contributed by atoms with Crippen LogP contribution >= 0.6 is 0 Å². The summed E-state index contributed by atoms with van der Waals surface area (Å²) in [5, 5.41) is 0. The van der Waals surface area contributed by atoms with E-state index in [1.165, 1.54) is 22.9 Å². The average molecular weight is 422 g/mol. The van der Waals surface area contributed by atoms with E-state index in [1.807, 2.05) is 6.07 Å². The molecule has 0 amide bonds. The lowest BCUT2D eigenvalue weighted by atomic mass is 10.3. The maximum absolute atomic E-state index is 12.9. The number of nitrogens with zero attached hydrogens (tertiary/aromatic N) is 2. The SMILES string of the molecule is Cc1c(NS(=O)(=O)c2cccc(S(C)(=O)=O)c2)c(=O)n(-c2ccccc2)n1C. The molecule has 2 aromatic carbocycles. The van der Waals surface area contributed by atoms with Crippen molar-refractivity contribution in [1.82, 2.24) is 9.36 Å². The quantitative estimate of drug-likeness (QED) is 0.675. The van der Waals surface area contributed by atoms with Crippen LogP contribution < -0.4 is 10.3 Å². The van der Waals surface area contributed by atoms with E-state index in [2.05, 4.69) is 4.72 Å². The summed E-state index contributed by atoms with van der Waals surface area (Å²) in [6.45, 7) is 1.62. The van der Waals surface area contributed by atoms with Gasteiger partial charge in [0.15, 0.2) is 9.84 Å². The summed E-state index contributed by atoms with van der Waals surface area (Å²) in [4.78, 5) is 12.5. The van der Waals surface area contributed by atoms with Gasteiger partial charge in [-0.15, -0.1) is 0 Å². The average Bonchev–Trinajstić information content (AvgIpc) is 2.85. The van der Waals surface area contributed by atoms with Crippen LogP contribution in [0, 0.1) is 6.92 Å². The number of sulfonamides is 1. The van der Waals surface area contributed by atoms with E-state index in [-0.39, 0.29) is 15.5 Å². The van der Waals surface area contributed by atoms with Crippen molar-refractivity contribution in [2.24, 2.45) is 7.05 Å². The highest BCUT2D eigenvalue weighted by Crippen LogP contribution is 2.21. The fourth-order valence-electron chi connectivity index (χ4n) is 2.75. The molecule has 0 atom stereocenters. The first-order valence-corrected chi connectivity index (χ1v) is 11.6. The molecule has 8 nitrogen and oxygen atoms in total. The second-order valence-corrected chi connectivity index (χ2v) is 9.99. The fraction of sp³-hybridized carbons (Fsp3) is 0.167. The van der Waals surface area contributed by atoms with Crippen molar-refractivity contribution in [2.45, 2.75) is 16.7 Å². The zero-order chi connectivity index (χ0) is 20.7. The van der Waals surface area contributed by atoms with Gasteiger partial charge in [0.25, 0.3) is 15.6 Å². The fourth-order valence-corrected chi connectivity index (χ4v) is 4.65. The molecule has 0 radical (unpaired) electrons. The molecule has 10 heteroatoms. The Bertz CT molecular complexity index is 1300. The number of anilines is 1. The highest BCUT2D eigenvalue weighted by Gasteiger charge is 2.23. The second-order valence-electron chi connectivity index (χ2n) is 6.29. The van der Waals surface area contributed by atoms with Crippen LogP contribution in [-0.2, 0) is 26.9 Å². The van der Waals surface area contributed by atoms with E-state index >= 15 is 0 Å². The van der Waals surface area contributed by atoms with Gasteiger partial charge in [-0.25, -0.2) is 21.5 Å². The summed E-state index contributed by atoms with van der Waals surface area (Å²) in [5.74, 6) is 0. The number of nitrogens with one attached hydrogen (secondary N) is 1. The van der Waals surface area contributed by atoms with Crippen LogP contribution in [0.3, 0.4) is 0 Å². The Labute approximate surface area is 163 Å². The summed E-state index contributed by atoms with van der Waals surface area (Å²) in [5.41, 5.74) is 0.365. The van der Waals surface area contributed by atoms with Gasteiger partial charge >= 0.3 is 0 Å². The predicted molar refractivity (Wildman–Crippen MR) is 106 cm³/mol. The van der Waals surface area contributed by atoms with Crippen molar-refractivity contribution in [2.75, 3.05) is 11.0 Å². The van der Waals surface area contributed by atoms with Crippen molar-refractivity contribution in [3.8, 4) is 5.69 Å². The van der Waals surface area contributed by atoms with Crippen LogP contribution in [0.15, 0.2) is 69.2 Å². The molecule has 0 saturated carbocycles. The maximum atomic E-state index is 12.9. The summed E-state index contributed by atoms with van der Waals surface area (Å²) in [7, 11) is -6.10. The minimum Gasteiger partial charge on any atom is -0.283 e. The standard InChI is InChI=1S/C18H19N3O5S2/c1-13-17(18(22)21(20(13)2)14-8-5-4-6-9-14)19-28(25,26)16-11-7-10-15(12-16)27(3,23)24/h4-12,19H,1-3H3. The molecule has 28 heavy (non-hydrogen) atoms. The molecule has 0 saturated heterocycles. The van der Waals surface area contributed by atoms with E-state index in [9.17, 15) is 21.6 Å². The number of rotatable bonds is 5. The molecular weight excluding hydrogens is 402 g/mol.